The molecule has 0 bridgehead atoms. The minimum atomic E-state index is 0.629. The van der Waals surface area contributed by atoms with Crippen molar-refractivity contribution in [3.63, 3.8) is 0 Å². The van der Waals surface area contributed by atoms with E-state index in [4.69, 9.17) is 4.99 Å². The Kier molecular flexibility index (Phi) is 9.42. The molecule has 1 aromatic heterocycles. The number of nitrogens with one attached hydrogen (secondary N) is 2. The Labute approximate surface area is 215 Å². The number of nitrogens with zero attached hydrogens (tertiary/aromatic N) is 3. The fourth-order valence-corrected chi connectivity index (χ4v) is 5.29. The van der Waals surface area contributed by atoms with E-state index in [-0.39, 0.29) is 0 Å². The third kappa shape index (κ3) is 7.32. The maximum absolute atomic E-state index is 4.86. The summed E-state index contributed by atoms with van der Waals surface area (Å²) in [6, 6.07) is 10.8. The SMILES string of the molecule is Cn1ncc(Br)c1/N=C(\C=C\NC1=CC=C(SNC2CCCCCC2)C=CC1)c1ccccc1. The molecule has 2 N–H and O–H groups in total. The van der Waals surface area contributed by atoms with Gasteiger partial charge in [-0.3, -0.25) is 4.72 Å². The third-order valence-electron chi connectivity index (χ3n) is 5.94. The maximum atomic E-state index is 4.86. The second kappa shape index (κ2) is 12.9. The molecule has 0 saturated heterocycles. The van der Waals surface area contributed by atoms with Crippen molar-refractivity contribution >= 4 is 39.4 Å². The van der Waals surface area contributed by atoms with Gasteiger partial charge in [-0.2, -0.15) is 5.10 Å². The van der Waals surface area contributed by atoms with Crippen molar-refractivity contribution in [3.05, 3.63) is 93.7 Å². The number of aromatic nitrogens is 2. The van der Waals surface area contributed by atoms with Gasteiger partial charge >= 0.3 is 0 Å². The number of rotatable bonds is 8. The number of hydrogen-bond donors (Lipinski definition) is 2. The van der Waals surface area contributed by atoms with Crippen molar-refractivity contribution in [1.29, 1.82) is 0 Å². The summed E-state index contributed by atoms with van der Waals surface area (Å²) >= 11 is 5.31. The predicted octanol–water partition coefficient (Wildman–Crippen LogP) is 7.10. The molecule has 0 atom stereocenters. The molecule has 2 aromatic rings. The van der Waals surface area contributed by atoms with Gasteiger partial charge in [0, 0.05) is 41.9 Å². The van der Waals surface area contributed by atoms with Gasteiger partial charge in [-0.05, 0) is 58.9 Å². The Balaban J connectivity index is 1.41. The molecular formula is C27H32BrN5S. The van der Waals surface area contributed by atoms with E-state index < -0.39 is 0 Å². The highest BCUT2D eigenvalue weighted by Gasteiger charge is 2.12. The Morgan fingerprint density at radius 1 is 1.15 bits per heavy atom. The number of hydrogen-bond acceptors (Lipinski definition) is 5. The molecule has 34 heavy (non-hydrogen) atoms. The van der Waals surface area contributed by atoms with E-state index in [2.05, 4.69) is 67.5 Å². The van der Waals surface area contributed by atoms with Crippen molar-refractivity contribution in [2.45, 2.75) is 51.0 Å². The molecule has 4 rings (SSSR count). The third-order valence-corrected chi connectivity index (χ3v) is 7.46. The van der Waals surface area contributed by atoms with Crippen LogP contribution < -0.4 is 10.0 Å². The zero-order chi connectivity index (χ0) is 23.6. The molecule has 0 radical (unpaired) electrons. The quantitative estimate of drug-likeness (QED) is 0.214. The van der Waals surface area contributed by atoms with Gasteiger partial charge in [-0.15, -0.1) is 0 Å². The van der Waals surface area contributed by atoms with Crippen molar-refractivity contribution < 1.29 is 0 Å². The highest BCUT2D eigenvalue weighted by atomic mass is 79.9. The summed E-state index contributed by atoms with van der Waals surface area (Å²) in [7, 11) is 1.89. The zero-order valence-corrected chi connectivity index (χ0v) is 22.0. The molecule has 7 heteroatoms. The first-order valence-corrected chi connectivity index (χ1v) is 13.5. The van der Waals surface area contributed by atoms with Crippen LogP contribution >= 0.6 is 27.9 Å². The van der Waals surface area contributed by atoms with Gasteiger partial charge in [0.2, 0.25) is 0 Å². The van der Waals surface area contributed by atoms with E-state index in [1.165, 1.54) is 43.4 Å². The van der Waals surface area contributed by atoms with E-state index in [0.717, 1.165) is 33.7 Å². The van der Waals surface area contributed by atoms with Crippen LogP contribution in [-0.2, 0) is 7.05 Å². The summed E-state index contributed by atoms with van der Waals surface area (Å²) in [5.74, 6) is 0.783. The Hall–Kier alpha value is -2.35. The maximum Gasteiger partial charge on any atom is 0.165 e. The van der Waals surface area contributed by atoms with Gasteiger partial charge in [-0.25, -0.2) is 9.67 Å². The molecule has 1 heterocycles. The van der Waals surface area contributed by atoms with Crippen LogP contribution in [0.2, 0.25) is 0 Å². The molecule has 178 valence electrons. The monoisotopic (exact) mass is 537 g/mol. The van der Waals surface area contributed by atoms with E-state index in [1.807, 2.05) is 37.5 Å². The predicted molar refractivity (Wildman–Crippen MR) is 148 cm³/mol. The molecule has 0 spiro atoms. The molecule has 0 unspecified atom stereocenters. The van der Waals surface area contributed by atoms with Crippen molar-refractivity contribution in [2.75, 3.05) is 0 Å². The number of benzene rings is 1. The van der Waals surface area contributed by atoms with E-state index in [0.29, 0.717) is 6.04 Å². The van der Waals surface area contributed by atoms with E-state index in [1.54, 1.807) is 22.8 Å². The van der Waals surface area contributed by atoms with E-state index in [9.17, 15) is 0 Å². The first-order chi connectivity index (χ1) is 16.7. The highest BCUT2D eigenvalue weighted by Crippen LogP contribution is 2.25. The number of allylic oxidation sites excluding steroid dienone is 5. The van der Waals surface area contributed by atoms with Crippen molar-refractivity contribution in [3.8, 4) is 0 Å². The van der Waals surface area contributed by atoms with Gasteiger partial charge < -0.3 is 5.32 Å². The fraction of sp³-hybridized carbons (Fsp3) is 0.333. The minimum absolute atomic E-state index is 0.629. The summed E-state index contributed by atoms with van der Waals surface area (Å²) in [5, 5.41) is 7.72. The normalized spacial score (nSPS) is 17.9. The first kappa shape index (κ1) is 24.8. The molecule has 1 aromatic carbocycles. The average Bonchev–Trinajstić information content (AvgIpc) is 3.09. The molecule has 2 aliphatic rings. The van der Waals surface area contributed by atoms with Crippen LogP contribution in [0.1, 0.15) is 50.5 Å². The number of aryl methyl sites for hydroxylation is 1. The summed E-state index contributed by atoms with van der Waals surface area (Å²) in [4.78, 5) is 6.11. The summed E-state index contributed by atoms with van der Waals surface area (Å²) in [6.07, 6.45) is 23.4. The standard InChI is InChI=1S/C27H32BrN5S/c1-33-27(25(28)20-30-33)31-26(21-10-5-4-6-11-21)18-19-29-22-14-9-15-24(17-16-22)34-32-23-12-7-2-3-8-13-23/h4-6,9-11,15-20,23,29,32H,2-3,7-8,12-14H2,1H3/b19-18+,31-26+. The molecule has 0 aliphatic heterocycles. The minimum Gasteiger partial charge on any atom is -0.365 e. The largest absolute Gasteiger partial charge is 0.365 e. The van der Waals surface area contributed by atoms with Gasteiger partial charge in [0.1, 0.15) is 0 Å². The zero-order valence-electron chi connectivity index (χ0n) is 19.6. The smallest absolute Gasteiger partial charge is 0.165 e. The Morgan fingerprint density at radius 3 is 2.68 bits per heavy atom. The molecule has 0 amide bonds. The molecular weight excluding hydrogens is 506 g/mol. The van der Waals surface area contributed by atoms with Crippen LogP contribution in [0.15, 0.2) is 93.2 Å². The number of halogens is 1. The second-order valence-corrected chi connectivity index (χ2v) is 10.3. The lowest BCUT2D eigenvalue weighted by atomic mass is 10.1. The first-order valence-electron chi connectivity index (χ1n) is 11.9. The van der Waals surface area contributed by atoms with Crippen LogP contribution in [0.4, 0.5) is 5.82 Å². The van der Waals surface area contributed by atoms with Crippen LogP contribution in [0, 0.1) is 0 Å². The summed E-state index contributed by atoms with van der Waals surface area (Å²) in [6.45, 7) is 0. The average molecular weight is 539 g/mol. The Bertz CT molecular complexity index is 1070. The summed E-state index contributed by atoms with van der Waals surface area (Å²) in [5.41, 5.74) is 3.06. The fourth-order valence-electron chi connectivity index (χ4n) is 4.01. The lowest BCUT2D eigenvalue weighted by molar-refractivity contribution is 0.552. The van der Waals surface area contributed by atoms with Crippen LogP contribution in [-0.4, -0.2) is 21.5 Å². The molecule has 2 aliphatic carbocycles. The van der Waals surface area contributed by atoms with Gasteiger partial charge in [0.05, 0.1) is 16.4 Å². The van der Waals surface area contributed by atoms with E-state index >= 15 is 0 Å². The second-order valence-electron chi connectivity index (χ2n) is 8.56. The van der Waals surface area contributed by atoms with Crippen LogP contribution in [0.3, 0.4) is 0 Å². The topological polar surface area (TPSA) is 54.2 Å². The van der Waals surface area contributed by atoms with Gasteiger partial charge in [-0.1, -0.05) is 68.2 Å². The molecule has 5 nitrogen and oxygen atoms in total. The van der Waals surface area contributed by atoms with Crippen molar-refractivity contribution in [2.24, 2.45) is 12.0 Å². The molecule has 1 fully saturated rings. The van der Waals surface area contributed by atoms with Crippen LogP contribution in [0.5, 0.6) is 0 Å². The lowest BCUT2D eigenvalue weighted by Gasteiger charge is -2.15. The van der Waals surface area contributed by atoms with Crippen LogP contribution in [0.25, 0.3) is 0 Å². The lowest BCUT2D eigenvalue weighted by Crippen LogP contribution is -2.21. The highest BCUT2D eigenvalue weighted by molar-refractivity contribution is 9.10. The van der Waals surface area contributed by atoms with Crippen molar-refractivity contribution in [1.82, 2.24) is 19.8 Å². The van der Waals surface area contributed by atoms with Gasteiger partial charge in [0.15, 0.2) is 5.82 Å². The molecule has 1 saturated carbocycles. The Morgan fingerprint density at radius 2 is 1.94 bits per heavy atom. The van der Waals surface area contributed by atoms with Gasteiger partial charge in [0.25, 0.3) is 0 Å². The summed E-state index contributed by atoms with van der Waals surface area (Å²) < 4.78 is 6.32. The number of aliphatic imine (C=N–C) groups is 1.